The van der Waals surface area contributed by atoms with E-state index in [1.165, 1.54) is 5.56 Å². The quantitative estimate of drug-likeness (QED) is 0.845. The fourth-order valence-electron chi connectivity index (χ4n) is 2.13. The third-order valence-electron chi connectivity index (χ3n) is 3.11. The molecule has 2 rings (SSSR count). The topological polar surface area (TPSA) is 75.4 Å². The number of aryl methyl sites for hydroxylation is 1. The van der Waals surface area contributed by atoms with Crippen LogP contribution in [0.25, 0.3) is 5.69 Å². The number of nitrogens with zero attached hydrogens (tertiary/aromatic N) is 2. The molecule has 5 nitrogen and oxygen atoms in total. The van der Waals surface area contributed by atoms with Crippen LogP contribution in [0.1, 0.15) is 35.0 Å². The summed E-state index contributed by atoms with van der Waals surface area (Å²) in [4.78, 5) is 11.1. The van der Waals surface area contributed by atoms with E-state index in [0.717, 1.165) is 18.5 Å². The van der Waals surface area contributed by atoms with Crippen molar-refractivity contribution in [1.29, 1.82) is 0 Å². The van der Waals surface area contributed by atoms with Crippen LogP contribution in [0.3, 0.4) is 0 Å². The van der Waals surface area contributed by atoms with Gasteiger partial charge < -0.3 is 10.2 Å². The van der Waals surface area contributed by atoms with Gasteiger partial charge in [0, 0.05) is 18.4 Å². The number of aromatic carboxylic acids is 1. The molecule has 1 heterocycles. The molecular formula is C15H18N2O3. The van der Waals surface area contributed by atoms with Gasteiger partial charge in [0.25, 0.3) is 0 Å². The average molecular weight is 274 g/mol. The van der Waals surface area contributed by atoms with Crippen LogP contribution in [-0.2, 0) is 12.8 Å². The van der Waals surface area contributed by atoms with Gasteiger partial charge in [-0.25, -0.2) is 9.48 Å². The first-order valence-corrected chi connectivity index (χ1v) is 6.67. The molecule has 106 valence electrons. The summed E-state index contributed by atoms with van der Waals surface area (Å²) >= 11 is 0. The fourth-order valence-corrected chi connectivity index (χ4v) is 2.13. The summed E-state index contributed by atoms with van der Waals surface area (Å²) in [6, 6.07) is 7.89. The molecule has 0 saturated carbocycles. The molecule has 0 unspecified atom stereocenters. The smallest absolute Gasteiger partial charge is 0.356 e. The zero-order valence-corrected chi connectivity index (χ0v) is 11.4. The highest BCUT2D eigenvalue weighted by Crippen LogP contribution is 2.15. The molecular weight excluding hydrogens is 256 g/mol. The van der Waals surface area contributed by atoms with Gasteiger partial charge in [-0.1, -0.05) is 25.5 Å². The van der Waals surface area contributed by atoms with Crippen LogP contribution in [0, 0.1) is 0 Å². The molecule has 0 bridgehead atoms. The van der Waals surface area contributed by atoms with Crippen LogP contribution >= 0.6 is 0 Å². The monoisotopic (exact) mass is 274 g/mol. The minimum atomic E-state index is -1.07. The van der Waals surface area contributed by atoms with E-state index < -0.39 is 5.97 Å². The number of aliphatic hydroxyl groups is 1. The number of carboxylic acid groups (broad SMARTS) is 1. The molecule has 1 aromatic carbocycles. The van der Waals surface area contributed by atoms with Crippen molar-refractivity contribution < 1.29 is 15.0 Å². The van der Waals surface area contributed by atoms with Gasteiger partial charge in [0.2, 0.25) is 0 Å². The van der Waals surface area contributed by atoms with Crippen LogP contribution in [-0.4, -0.2) is 32.6 Å². The highest BCUT2D eigenvalue weighted by molar-refractivity contribution is 5.87. The fraction of sp³-hybridized carbons (Fsp3) is 0.333. The minimum absolute atomic E-state index is 0.00307. The van der Waals surface area contributed by atoms with Gasteiger partial charge in [-0.15, -0.1) is 0 Å². The Kier molecular flexibility index (Phi) is 4.53. The number of carbonyl (C=O) groups is 1. The molecule has 0 amide bonds. The van der Waals surface area contributed by atoms with Crippen molar-refractivity contribution in [1.82, 2.24) is 9.78 Å². The number of aliphatic hydroxyl groups excluding tert-OH is 1. The van der Waals surface area contributed by atoms with Crippen molar-refractivity contribution >= 4 is 5.97 Å². The Balaban J connectivity index is 2.32. The van der Waals surface area contributed by atoms with Crippen LogP contribution in [0.5, 0.6) is 0 Å². The van der Waals surface area contributed by atoms with Gasteiger partial charge in [-0.3, -0.25) is 0 Å². The molecule has 0 aliphatic rings. The lowest BCUT2D eigenvalue weighted by Crippen LogP contribution is -2.03. The SMILES string of the molecule is CCCc1ccc(-n2cc(CCO)c(C(=O)O)n2)cc1. The maximum absolute atomic E-state index is 11.1. The first kappa shape index (κ1) is 14.3. The van der Waals surface area contributed by atoms with Gasteiger partial charge in [0.15, 0.2) is 5.69 Å². The highest BCUT2D eigenvalue weighted by atomic mass is 16.4. The second-order valence-electron chi connectivity index (χ2n) is 4.64. The standard InChI is InChI=1S/C15H18N2O3/c1-2-3-11-4-6-13(7-5-11)17-10-12(8-9-18)14(16-17)15(19)20/h4-7,10,18H,2-3,8-9H2,1H3,(H,19,20). The lowest BCUT2D eigenvalue weighted by Gasteiger charge is -2.03. The number of hydrogen-bond donors (Lipinski definition) is 2. The van der Waals surface area contributed by atoms with E-state index in [1.54, 1.807) is 10.9 Å². The van der Waals surface area contributed by atoms with Crippen molar-refractivity contribution in [2.75, 3.05) is 6.61 Å². The Morgan fingerprint density at radius 2 is 1.95 bits per heavy atom. The summed E-state index contributed by atoms with van der Waals surface area (Å²) in [5, 5.41) is 22.2. The number of rotatable bonds is 6. The van der Waals surface area contributed by atoms with Gasteiger partial charge in [-0.2, -0.15) is 5.10 Å². The normalized spacial score (nSPS) is 10.7. The highest BCUT2D eigenvalue weighted by Gasteiger charge is 2.15. The Morgan fingerprint density at radius 1 is 1.25 bits per heavy atom. The number of hydrogen-bond acceptors (Lipinski definition) is 3. The lowest BCUT2D eigenvalue weighted by atomic mass is 10.1. The van der Waals surface area contributed by atoms with Crippen molar-refractivity contribution in [2.24, 2.45) is 0 Å². The van der Waals surface area contributed by atoms with E-state index in [0.29, 0.717) is 5.56 Å². The van der Waals surface area contributed by atoms with Crippen LogP contribution in [0.4, 0.5) is 0 Å². The van der Waals surface area contributed by atoms with E-state index in [1.807, 2.05) is 24.3 Å². The molecule has 0 atom stereocenters. The molecule has 2 N–H and O–H groups in total. The number of carboxylic acids is 1. The van der Waals surface area contributed by atoms with Crippen molar-refractivity contribution in [3.8, 4) is 5.69 Å². The van der Waals surface area contributed by atoms with Gasteiger partial charge in [0.05, 0.1) is 5.69 Å². The van der Waals surface area contributed by atoms with Gasteiger partial charge in [-0.05, 0) is 30.5 Å². The first-order chi connectivity index (χ1) is 9.65. The minimum Gasteiger partial charge on any atom is -0.476 e. The van der Waals surface area contributed by atoms with Crippen LogP contribution in [0.2, 0.25) is 0 Å². The molecule has 0 fully saturated rings. The summed E-state index contributed by atoms with van der Waals surface area (Å²) in [5.74, 6) is -1.07. The van der Waals surface area contributed by atoms with E-state index in [2.05, 4.69) is 12.0 Å². The summed E-state index contributed by atoms with van der Waals surface area (Å²) in [6.07, 6.45) is 4.06. The number of aromatic nitrogens is 2. The molecule has 2 aromatic rings. The summed E-state index contributed by atoms with van der Waals surface area (Å²) in [6.45, 7) is 2.03. The Hall–Kier alpha value is -2.14. The Labute approximate surface area is 117 Å². The Bertz CT molecular complexity index is 588. The predicted molar refractivity (Wildman–Crippen MR) is 75.3 cm³/mol. The molecule has 0 spiro atoms. The van der Waals surface area contributed by atoms with Crippen LogP contribution < -0.4 is 0 Å². The zero-order chi connectivity index (χ0) is 14.5. The molecule has 0 saturated heterocycles. The zero-order valence-electron chi connectivity index (χ0n) is 11.4. The van der Waals surface area contributed by atoms with E-state index in [9.17, 15) is 4.79 Å². The number of benzene rings is 1. The lowest BCUT2D eigenvalue weighted by molar-refractivity contribution is 0.0688. The maximum atomic E-state index is 11.1. The molecule has 20 heavy (non-hydrogen) atoms. The van der Waals surface area contributed by atoms with E-state index >= 15 is 0 Å². The molecule has 5 heteroatoms. The van der Waals surface area contributed by atoms with Gasteiger partial charge in [0.1, 0.15) is 0 Å². The Morgan fingerprint density at radius 3 is 2.50 bits per heavy atom. The maximum Gasteiger partial charge on any atom is 0.356 e. The van der Waals surface area contributed by atoms with E-state index in [4.69, 9.17) is 10.2 Å². The summed E-state index contributed by atoms with van der Waals surface area (Å²) < 4.78 is 1.55. The van der Waals surface area contributed by atoms with E-state index in [-0.39, 0.29) is 18.7 Å². The third-order valence-corrected chi connectivity index (χ3v) is 3.11. The van der Waals surface area contributed by atoms with Gasteiger partial charge >= 0.3 is 5.97 Å². The van der Waals surface area contributed by atoms with Crippen molar-refractivity contribution in [3.63, 3.8) is 0 Å². The van der Waals surface area contributed by atoms with Crippen molar-refractivity contribution in [3.05, 3.63) is 47.3 Å². The average Bonchev–Trinajstić information content (AvgIpc) is 2.85. The third kappa shape index (κ3) is 3.05. The molecule has 0 radical (unpaired) electrons. The second-order valence-corrected chi connectivity index (χ2v) is 4.64. The van der Waals surface area contributed by atoms with Crippen LogP contribution in [0.15, 0.2) is 30.5 Å². The van der Waals surface area contributed by atoms with Crippen molar-refractivity contribution in [2.45, 2.75) is 26.2 Å². The summed E-state index contributed by atoms with van der Waals surface area (Å²) in [7, 11) is 0. The molecule has 0 aliphatic carbocycles. The molecule has 1 aromatic heterocycles. The largest absolute Gasteiger partial charge is 0.476 e. The second kappa shape index (κ2) is 6.34. The molecule has 0 aliphatic heterocycles. The predicted octanol–water partition coefficient (Wildman–Crippen LogP) is 2.06. The first-order valence-electron chi connectivity index (χ1n) is 6.67. The summed E-state index contributed by atoms with van der Waals surface area (Å²) in [5.41, 5.74) is 2.60.